The zero-order chi connectivity index (χ0) is 21.1. The lowest BCUT2D eigenvalue weighted by Gasteiger charge is -2.44. The van der Waals surface area contributed by atoms with Gasteiger partial charge in [0.2, 0.25) is 11.7 Å². The Morgan fingerprint density at radius 2 is 1.90 bits per heavy atom. The molecule has 1 aromatic heterocycles. The fraction of sp³-hybridized carbons (Fsp3) is 0.565. The summed E-state index contributed by atoms with van der Waals surface area (Å²) in [6.07, 6.45) is 5.16. The Morgan fingerprint density at radius 3 is 2.63 bits per heavy atom. The van der Waals surface area contributed by atoms with Crippen LogP contribution in [0.4, 0.5) is 0 Å². The number of nitrogens with zero attached hydrogens (tertiary/aromatic N) is 4. The zero-order valence-electron chi connectivity index (χ0n) is 18.0. The van der Waals surface area contributed by atoms with Crippen LogP contribution in [0, 0.1) is 12.3 Å². The SMILES string of the molecule is CCCNC(=O)c1nnc2n1CC1(CC2)CCN(C(=O)Cc2ccccc2C)CC1. The Balaban J connectivity index is 1.39. The lowest BCUT2D eigenvalue weighted by Crippen LogP contribution is -2.47. The second kappa shape index (κ2) is 8.58. The van der Waals surface area contributed by atoms with Gasteiger partial charge < -0.3 is 14.8 Å². The summed E-state index contributed by atoms with van der Waals surface area (Å²) in [6, 6.07) is 8.10. The molecule has 1 spiro atoms. The number of aryl methyl sites for hydroxylation is 2. The van der Waals surface area contributed by atoms with Gasteiger partial charge in [0, 0.05) is 32.6 Å². The molecule has 1 fully saturated rings. The fourth-order valence-electron chi connectivity index (χ4n) is 4.69. The summed E-state index contributed by atoms with van der Waals surface area (Å²) >= 11 is 0. The number of hydrogen-bond donors (Lipinski definition) is 1. The fourth-order valence-corrected chi connectivity index (χ4v) is 4.69. The van der Waals surface area contributed by atoms with Crippen LogP contribution in [0.3, 0.4) is 0 Å². The van der Waals surface area contributed by atoms with Gasteiger partial charge in [0.15, 0.2) is 0 Å². The van der Waals surface area contributed by atoms with Crippen LogP contribution < -0.4 is 5.32 Å². The van der Waals surface area contributed by atoms with E-state index in [4.69, 9.17) is 0 Å². The lowest BCUT2D eigenvalue weighted by atomic mass is 9.73. The normalized spacial score (nSPS) is 17.6. The van der Waals surface area contributed by atoms with Gasteiger partial charge in [-0.05, 0) is 49.1 Å². The van der Waals surface area contributed by atoms with Crippen LogP contribution in [0.2, 0.25) is 0 Å². The van der Waals surface area contributed by atoms with Gasteiger partial charge in [-0.1, -0.05) is 31.2 Å². The summed E-state index contributed by atoms with van der Waals surface area (Å²) in [4.78, 5) is 27.3. The molecule has 4 rings (SSSR count). The van der Waals surface area contributed by atoms with E-state index in [0.717, 1.165) is 63.1 Å². The smallest absolute Gasteiger partial charge is 0.289 e. The van der Waals surface area contributed by atoms with Gasteiger partial charge in [-0.2, -0.15) is 0 Å². The Labute approximate surface area is 177 Å². The molecule has 2 amide bonds. The van der Waals surface area contributed by atoms with Gasteiger partial charge in [0.25, 0.3) is 5.91 Å². The highest BCUT2D eigenvalue weighted by Crippen LogP contribution is 2.41. The first-order valence-corrected chi connectivity index (χ1v) is 11.0. The highest BCUT2D eigenvalue weighted by molar-refractivity contribution is 5.90. The molecule has 2 aliphatic heterocycles. The van der Waals surface area contributed by atoms with Crippen molar-refractivity contribution >= 4 is 11.8 Å². The molecule has 0 saturated carbocycles. The topological polar surface area (TPSA) is 80.1 Å². The van der Waals surface area contributed by atoms with Crippen molar-refractivity contribution in [2.24, 2.45) is 5.41 Å². The lowest BCUT2D eigenvalue weighted by molar-refractivity contribution is -0.133. The number of nitrogens with one attached hydrogen (secondary N) is 1. The average molecular weight is 410 g/mol. The van der Waals surface area contributed by atoms with Crippen molar-refractivity contribution in [1.29, 1.82) is 0 Å². The first kappa shape index (κ1) is 20.6. The maximum Gasteiger partial charge on any atom is 0.289 e. The van der Waals surface area contributed by atoms with Crippen molar-refractivity contribution in [3.8, 4) is 0 Å². The third kappa shape index (κ3) is 4.11. The van der Waals surface area contributed by atoms with Crippen LogP contribution in [-0.2, 0) is 24.2 Å². The van der Waals surface area contributed by atoms with E-state index >= 15 is 0 Å². The molecular formula is C23H31N5O2. The van der Waals surface area contributed by atoms with E-state index in [9.17, 15) is 9.59 Å². The number of aromatic nitrogens is 3. The number of likely N-dealkylation sites (tertiary alicyclic amines) is 1. The van der Waals surface area contributed by atoms with Crippen molar-refractivity contribution in [2.45, 2.75) is 58.9 Å². The Kier molecular flexibility index (Phi) is 5.88. The molecule has 0 atom stereocenters. The standard InChI is InChI=1S/C23H31N5O2/c1-3-12-24-22(30)21-26-25-19-8-9-23(16-28(19)21)10-13-27(14-11-23)20(29)15-18-7-5-4-6-17(18)2/h4-7H,3,8-16H2,1-2H3,(H,24,30). The molecule has 7 nitrogen and oxygen atoms in total. The third-order valence-electron chi connectivity index (χ3n) is 6.72. The van der Waals surface area contributed by atoms with Crippen molar-refractivity contribution in [3.05, 3.63) is 47.0 Å². The predicted molar refractivity (Wildman–Crippen MR) is 114 cm³/mol. The second-order valence-electron chi connectivity index (χ2n) is 8.77. The van der Waals surface area contributed by atoms with Crippen LogP contribution in [0.15, 0.2) is 24.3 Å². The van der Waals surface area contributed by atoms with Crippen molar-refractivity contribution in [3.63, 3.8) is 0 Å². The molecule has 1 saturated heterocycles. The van der Waals surface area contributed by atoms with Gasteiger partial charge in [-0.3, -0.25) is 9.59 Å². The molecule has 1 N–H and O–H groups in total. The number of benzene rings is 1. The summed E-state index contributed by atoms with van der Waals surface area (Å²) in [5.41, 5.74) is 2.40. The number of fused-ring (bicyclic) bond motifs is 1. The monoisotopic (exact) mass is 409 g/mol. The first-order chi connectivity index (χ1) is 14.5. The van der Waals surface area contributed by atoms with Gasteiger partial charge in [-0.25, -0.2) is 0 Å². The average Bonchev–Trinajstić information content (AvgIpc) is 3.17. The van der Waals surface area contributed by atoms with E-state index in [2.05, 4.69) is 28.5 Å². The van der Waals surface area contributed by atoms with Crippen LogP contribution >= 0.6 is 0 Å². The molecule has 0 aliphatic carbocycles. The summed E-state index contributed by atoms with van der Waals surface area (Å²) < 4.78 is 2.01. The number of piperidine rings is 1. The van der Waals surface area contributed by atoms with E-state index in [1.165, 1.54) is 5.56 Å². The number of hydrogen-bond acceptors (Lipinski definition) is 4. The largest absolute Gasteiger partial charge is 0.349 e. The Morgan fingerprint density at radius 1 is 1.13 bits per heavy atom. The Bertz CT molecular complexity index is 927. The van der Waals surface area contributed by atoms with Crippen molar-refractivity contribution in [2.75, 3.05) is 19.6 Å². The molecule has 1 aromatic carbocycles. The summed E-state index contributed by atoms with van der Waals surface area (Å²) in [7, 11) is 0. The number of carbonyl (C=O) groups excluding carboxylic acids is 2. The molecule has 0 unspecified atom stereocenters. The van der Waals surface area contributed by atoms with Gasteiger partial charge in [0.1, 0.15) is 5.82 Å². The van der Waals surface area contributed by atoms with E-state index < -0.39 is 0 Å². The molecular weight excluding hydrogens is 378 g/mol. The molecule has 2 aliphatic rings. The van der Waals surface area contributed by atoms with Crippen LogP contribution in [-0.4, -0.2) is 51.1 Å². The molecule has 0 radical (unpaired) electrons. The van der Waals surface area contributed by atoms with Crippen molar-refractivity contribution < 1.29 is 9.59 Å². The van der Waals surface area contributed by atoms with Crippen LogP contribution in [0.25, 0.3) is 0 Å². The van der Waals surface area contributed by atoms with E-state index in [1.807, 2.05) is 34.6 Å². The number of rotatable bonds is 5. The molecule has 2 aromatic rings. The zero-order valence-corrected chi connectivity index (χ0v) is 18.0. The maximum absolute atomic E-state index is 12.8. The second-order valence-corrected chi connectivity index (χ2v) is 8.77. The van der Waals surface area contributed by atoms with E-state index in [0.29, 0.717) is 18.8 Å². The minimum Gasteiger partial charge on any atom is -0.349 e. The van der Waals surface area contributed by atoms with Gasteiger partial charge in [-0.15, -0.1) is 10.2 Å². The van der Waals surface area contributed by atoms with E-state index in [-0.39, 0.29) is 17.2 Å². The van der Waals surface area contributed by atoms with Gasteiger partial charge in [0.05, 0.1) is 6.42 Å². The summed E-state index contributed by atoms with van der Waals surface area (Å²) in [6.45, 7) is 7.05. The third-order valence-corrected chi connectivity index (χ3v) is 6.72. The minimum atomic E-state index is -0.140. The molecule has 7 heteroatoms. The molecule has 0 bridgehead atoms. The Hall–Kier alpha value is -2.70. The maximum atomic E-state index is 12.8. The highest BCUT2D eigenvalue weighted by Gasteiger charge is 2.40. The minimum absolute atomic E-state index is 0.120. The quantitative estimate of drug-likeness (QED) is 0.823. The summed E-state index contributed by atoms with van der Waals surface area (Å²) in [5.74, 6) is 1.40. The highest BCUT2D eigenvalue weighted by atomic mass is 16.2. The summed E-state index contributed by atoms with van der Waals surface area (Å²) in [5, 5.41) is 11.3. The number of amides is 2. The van der Waals surface area contributed by atoms with Crippen LogP contribution in [0.5, 0.6) is 0 Å². The van der Waals surface area contributed by atoms with Gasteiger partial charge >= 0.3 is 0 Å². The molecule has 3 heterocycles. The van der Waals surface area contributed by atoms with E-state index in [1.54, 1.807) is 0 Å². The molecule has 160 valence electrons. The number of carbonyl (C=O) groups is 2. The molecule has 30 heavy (non-hydrogen) atoms. The predicted octanol–water partition coefficient (Wildman–Crippen LogP) is 2.52. The van der Waals surface area contributed by atoms with Crippen molar-refractivity contribution in [1.82, 2.24) is 25.0 Å². The van der Waals surface area contributed by atoms with Crippen LogP contribution in [0.1, 0.15) is 60.2 Å². The first-order valence-electron chi connectivity index (χ1n) is 11.0.